The molecule has 0 radical (unpaired) electrons. The van der Waals surface area contributed by atoms with Crippen LogP contribution in [0.5, 0.6) is 0 Å². The second kappa shape index (κ2) is 2.23. The lowest BCUT2D eigenvalue weighted by Gasteiger charge is -1.97. The topological polar surface area (TPSA) is 50.9 Å². The van der Waals surface area contributed by atoms with Gasteiger partial charge in [0, 0.05) is 0 Å². The molecule has 0 unspecified atom stereocenters. The van der Waals surface area contributed by atoms with Gasteiger partial charge in [-0.1, -0.05) is 12.2 Å². The number of aliphatic hydroxyl groups excluding tert-OH is 1. The maximum atomic E-state index is 9.32. The number of nitrogens with zero attached hydrogens (tertiary/aromatic N) is 3. The van der Waals surface area contributed by atoms with Gasteiger partial charge in [0.15, 0.2) is 11.6 Å². The standard InChI is InChI=1S/C7H7N3O/c11-6-3-1-2-4-10-7(6)8-5-9-10/h1-3,5,11H,4H2. The molecule has 2 rings (SSSR count). The summed E-state index contributed by atoms with van der Waals surface area (Å²) in [5.41, 5.74) is 0. The van der Waals surface area contributed by atoms with E-state index < -0.39 is 0 Å². The van der Waals surface area contributed by atoms with Crippen LogP contribution in [0.4, 0.5) is 0 Å². The summed E-state index contributed by atoms with van der Waals surface area (Å²) in [5.74, 6) is 0.686. The third-order valence-corrected chi connectivity index (χ3v) is 1.51. The zero-order valence-corrected chi connectivity index (χ0v) is 5.81. The zero-order valence-electron chi connectivity index (χ0n) is 5.81. The maximum absolute atomic E-state index is 9.32. The zero-order chi connectivity index (χ0) is 7.68. The Morgan fingerprint density at radius 3 is 3.36 bits per heavy atom. The molecule has 11 heavy (non-hydrogen) atoms. The Balaban J connectivity index is 2.56. The van der Waals surface area contributed by atoms with E-state index in [-0.39, 0.29) is 5.76 Å². The number of hydrogen-bond donors (Lipinski definition) is 1. The number of hydrogen-bond acceptors (Lipinski definition) is 3. The summed E-state index contributed by atoms with van der Waals surface area (Å²) in [7, 11) is 0. The van der Waals surface area contributed by atoms with Crippen LogP contribution in [-0.2, 0) is 6.54 Å². The van der Waals surface area contributed by atoms with Crippen LogP contribution >= 0.6 is 0 Å². The number of aliphatic hydroxyl groups is 1. The van der Waals surface area contributed by atoms with Gasteiger partial charge in [-0.3, -0.25) is 0 Å². The Kier molecular flexibility index (Phi) is 1.25. The van der Waals surface area contributed by atoms with Crippen molar-refractivity contribution in [2.75, 3.05) is 0 Å². The lowest BCUT2D eigenvalue weighted by Crippen LogP contribution is -2.01. The Labute approximate surface area is 63.5 Å². The van der Waals surface area contributed by atoms with Crippen molar-refractivity contribution in [1.82, 2.24) is 14.8 Å². The second-order valence-corrected chi connectivity index (χ2v) is 2.25. The van der Waals surface area contributed by atoms with E-state index in [0.29, 0.717) is 12.4 Å². The van der Waals surface area contributed by atoms with E-state index in [9.17, 15) is 5.11 Å². The molecule has 0 atom stereocenters. The predicted octanol–water partition coefficient (Wildman–Crippen LogP) is 0.747. The summed E-state index contributed by atoms with van der Waals surface area (Å²) in [6.07, 6.45) is 6.72. The SMILES string of the molecule is OC1=CC=CCn2ncnc21. The van der Waals surface area contributed by atoms with E-state index in [1.807, 2.05) is 6.08 Å². The summed E-state index contributed by atoms with van der Waals surface area (Å²) < 4.78 is 1.63. The first-order chi connectivity index (χ1) is 5.38. The molecule has 1 aromatic heterocycles. The predicted molar refractivity (Wildman–Crippen MR) is 39.8 cm³/mol. The van der Waals surface area contributed by atoms with Crippen molar-refractivity contribution in [3.63, 3.8) is 0 Å². The molecule has 2 heterocycles. The van der Waals surface area contributed by atoms with E-state index >= 15 is 0 Å². The molecule has 4 heteroatoms. The van der Waals surface area contributed by atoms with E-state index in [4.69, 9.17) is 0 Å². The summed E-state index contributed by atoms with van der Waals surface area (Å²) in [4.78, 5) is 3.89. The molecule has 0 saturated heterocycles. The van der Waals surface area contributed by atoms with Crippen LogP contribution < -0.4 is 0 Å². The van der Waals surface area contributed by atoms with Crippen molar-refractivity contribution in [2.24, 2.45) is 0 Å². The normalized spacial score (nSPS) is 15.5. The number of rotatable bonds is 0. The number of fused-ring (bicyclic) bond motifs is 1. The van der Waals surface area contributed by atoms with Gasteiger partial charge in [-0.15, -0.1) is 0 Å². The molecule has 4 nitrogen and oxygen atoms in total. The first kappa shape index (κ1) is 6.15. The third kappa shape index (κ3) is 0.920. The van der Waals surface area contributed by atoms with Gasteiger partial charge >= 0.3 is 0 Å². The highest BCUT2D eigenvalue weighted by Gasteiger charge is 2.08. The monoisotopic (exact) mass is 149 g/mol. The summed E-state index contributed by atoms with van der Waals surface area (Å²) in [6, 6.07) is 0. The minimum atomic E-state index is 0.163. The molecule has 0 saturated carbocycles. The Hall–Kier alpha value is -1.58. The fourth-order valence-electron chi connectivity index (χ4n) is 0.991. The smallest absolute Gasteiger partial charge is 0.193 e. The van der Waals surface area contributed by atoms with Crippen molar-refractivity contribution in [1.29, 1.82) is 0 Å². The van der Waals surface area contributed by atoms with E-state index in [1.165, 1.54) is 6.33 Å². The van der Waals surface area contributed by atoms with Gasteiger partial charge in [-0.2, -0.15) is 5.10 Å². The molecule has 1 N–H and O–H groups in total. The highest BCUT2D eigenvalue weighted by Crippen LogP contribution is 2.09. The van der Waals surface area contributed by atoms with Crippen molar-refractivity contribution in [3.05, 3.63) is 30.4 Å². The molecule has 0 fully saturated rings. The van der Waals surface area contributed by atoms with Crippen LogP contribution in [0, 0.1) is 0 Å². The van der Waals surface area contributed by atoms with Gasteiger partial charge in [0.05, 0.1) is 6.54 Å². The molecule has 0 spiro atoms. The molecule has 1 aliphatic heterocycles. The van der Waals surface area contributed by atoms with Crippen LogP contribution in [0.3, 0.4) is 0 Å². The average molecular weight is 149 g/mol. The fourth-order valence-corrected chi connectivity index (χ4v) is 0.991. The average Bonchev–Trinajstić information content (AvgIpc) is 2.40. The molecule has 1 aromatic rings. The number of aromatic nitrogens is 3. The Morgan fingerprint density at radius 1 is 1.55 bits per heavy atom. The molecule has 0 amide bonds. The van der Waals surface area contributed by atoms with Crippen LogP contribution in [0.25, 0.3) is 5.76 Å². The summed E-state index contributed by atoms with van der Waals surface area (Å²) >= 11 is 0. The minimum Gasteiger partial charge on any atom is -0.504 e. The molecule has 1 aliphatic rings. The van der Waals surface area contributed by atoms with Gasteiger partial charge in [0.1, 0.15) is 6.33 Å². The quantitative estimate of drug-likeness (QED) is 0.592. The van der Waals surface area contributed by atoms with Crippen LogP contribution in [0.2, 0.25) is 0 Å². The molecule has 0 aromatic carbocycles. The summed E-state index contributed by atoms with van der Waals surface area (Å²) in [5, 5.41) is 13.2. The van der Waals surface area contributed by atoms with Crippen molar-refractivity contribution >= 4 is 5.76 Å². The van der Waals surface area contributed by atoms with Crippen molar-refractivity contribution in [3.8, 4) is 0 Å². The minimum absolute atomic E-state index is 0.163. The van der Waals surface area contributed by atoms with Crippen LogP contribution in [0.1, 0.15) is 5.82 Å². The lowest BCUT2D eigenvalue weighted by molar-refractivity contribution is 0.496. The molecular weight excluding hydrogens is 142 g/mol. The van der Waals surface area contributed by atoms with E-state index in [0.717, 1.165) is 0 Å². The first-order valence-corrected chi connectivity index (χ1v) is 3.32. The largest absolute Gasteiger partial charge is 0.504 e. The van der Waals surface area contributed by atoms with Gasteiger partial charge in [-0.05, 0) is 6.08 Å². The van der Waals surface area contributed by atoms with Gasteiger partial charge < -0.3 is 5.11 Å². The third-order valence-electron chi connectivity index (χ3n) is 1.51. The fraction of sp³-hybridized carbons (Fsp3) is 0.143. The highest BCUT2D eigenvalue weighted by molar-refractivity contribution is 5.53. The van der Waals surface area contributed by atoms with Crippen LogP contribution in [0.15, 0.2) is 24.6 Å². The molecule has 56 valence electrons. The Morgan fingerprint density at radius 2 is 2.45 bits per heavy atom. The van der Waals surface area contributed by atoms with Crippen molar-refractivity contribution < 1.29 is 5.11 Å². The van der Waals surface area contributed by atoms with Crippen LogP contribution in [-0.4, -0.2) is 19.9 Å². The molecule has 0 bridgehead atoms. The molecule has 0 aliphatic carbocycles. The Bertz CT molecular complexity index is 324. The lowest BCUT2D eigenvalue weighted by atomic mass is 10.4. The first-order valence-electron chi connectivity index (χ1n) is 3.32. The number of allylic oxidation sites excluding steroid dienone is 3. The second-order valence-electron chi connectivity index (χ2n) is 2.25. The highest BCUT2D eigenvalue weighted by atomic mass is 16.3. The van der Waals surface area contributed by atoms with Gasteiger partial charge in [-0.25, -0.2) is 9.67 Å². The summed E-state index contributed by atoms with van der Waals surface area (Å²) in [6.45, 7) is 0.663. The van der Waals surface area contributed by atoms with Crippen molar-refractivity contribution in [2.45, 2.75) is 6.54 Å². The van der Waals surface area contributed by atoms with E-state index in [1.54, 1.807) is 16.8 Å². The van der Waals surface area contributed by atoms with E-state index in [2.05, 4.69) is 10.1 Å². The van der Waals surface area contributed by atoms with Gasteiger partial charge in [0.2, 0.25) is 0 Å². The maximum Gasteiger partial charge on any atom is 0.193 e. The van der Waals surface area contributed by atoms with Gasteiger partial charge in [0.25, 0.3) is 0 Å². The molecular formula is C7H7N3O.